The minimum atomic E-state index is -4.01. The number of hydrogen-bond donors (Lipinski definition) is 1. The Labute approximate surface area is 185 Å². The molecule has 9 heteroatoms. The number of fused-ring (bicyclic) bond motifs is 1. The van der Waals surface area contributed by atoms with E-state index >= 15 is 0 Å². The van der Waals surface area contributed by atoms with Crippen LogP contribution in [-0.2, 0) is 29.0 Å². The van der Waals surface area contributed by atoms with Gasteiger partial charge in [-0.05, 0) is 18.1 Å². The van der Waals surface area contributed by atoms with Gasteiger partial charge < -0.3 is 15.4 Å². The molecular weight excluding hydrogens is 432 g/mol. The highest BCUT2D eigenvalue weighted by molar-refractivity contribution is 7.94. The lowest BCUT2D eigenvalue weighted by atomic mass is 9.95. The molecule has 0 spiro atoms. The molecule has 166 valence electrons. The third-order valence-electron chi connectivity index (χ3n) is 5.98. The second-order valence-electron chi connectivity index (χ2n) is 7.97. The van der Waals surface area contributed by atoms with E-state index in [-0.39, 0.29) is 6.42 Å². The van der Waals surface area contributed by atoms with E-state index in [1.54, 1.807) is 48.5 Å². The summed E-state index contributed by atoms with van der Waals surface area (Å²) in [6.45, 7) is 1.30. The zero-order chi connectivity index (χ0) is 23.1. The third kappa shape index (κ3) is 3.38. The summed E-state index contributed by atoms with van der Waals surface area (Å²) in [7, 11) is -4.01. The largest absolute Gasteiger partial charge is 0.451 e. The maximum Gasteiger partial charge on any atom is 0.331 e. The van der Waals surface area contributed by atoms with Gasteiger partial charge in [0.1, 0.15) is 10.1 Å². The zero-order valence-electron chi connectivity index (χ0n) is 17.2. The molecule has 32 heavy (non-hydrogen) atoms. The van der Waals surface area contributed by atoms with Crippen LogP contribution in [0.15, 0.2) is 72.8 Å². The van der Waals surface area contributed by atoms with Crippen LogP contribution in [0.1, 0.15) is 30.6 Å². The Bertz CT molecular complexity index is 1160. The molecule has 0 bridgehead atoms. The number of benzene rings is 2. The number of ether oxygens (including phenoxy) is 1. The molecule has 2 N–H and O–H groups in total. The molecule has 2 aliphatic rings. The molecule has 0 aromatic heterocycles. The van der Waals surface area contributed by atoms with Gasteiger partial charge in [0.15, 0.2) is 22.0 Å². The Morgan fingerprint density at radius 2 is 1.62 bits per heavy atom. The second-order valence-corrected chi connectivity index (χ2v) is 10.5. The van der Waals surface area contributed by atoms with Gasteiger partial charge >= 0.3 is 5.97 Å². The second kappa shape index (κ2) is 7.90. The number of carbonyl (C=O) groups is 3. The molecule has 2 aromatic rings. The van der Waals surface area contributed by atoms with Crippen molar-refractivity contribution in [2.24, 2.45) is 5.73 Å². The molecule has 0 radical (unpaired) electrons. The number of primary amides is 1. The molecule has 0 aliphatic carbocycles. The number of amides is 2. The Kier molecular flexibility index (Phi) is 5.37. The summed E-state index contributed by atoms with van der Waals surface area (Å²) in [5.74, 6) is -2.20. The minimum absolute atomic E-state index is 0.215. The molecule has 2 heterocycles. The van der Waals surface area contributed by atoms with Gasteiger partial charge in [-0.1, -0.05) is 66.7 Å². The van der Waals surface area contributed by atoms with Gasteiger partial charge in [-0.15, -0.1) is 0 Å². The summed E-state index contributed by atoms with van der Waals surface area (Å²) < 4.78 is 30.3. The van der Waals surface area contributed by atoms with Crippen molar-refractivity contribution in [3.63, 3.8) is 0 Å². The van der Waals surface area contributed by atoms with Crippen LogP contribution >= 0.6 is 0 Å². The lowest BCUT2D eigenvalue weighted by Crippen LogP contribution is -2.57. The number of carbonyl (C=O) groups excluding carboxylic acids is 3. The molecule has 3 atom stereocenters. The Balaban J connectivity index is 1.75. The topological polar surface area (TPSA) is 124 Å². The molecule has 2 saturated heterocycles. The first-order valence-corrected chi connectivity index (χ1v) is 11.5. The third-order valence-corrected chi connectivity index (χ3v) is 8.68. The molecule has 2 aromatic carbocycles. The monoisotopic (exact) mass is 454 g/mol. The SMILES string of the molecule is C[C@]1(/C=C\C(N)=O)[C@H](C(=O)OC(c2ccccc2)c2ccccc2)N2C(=O)C[C@H]2S1(=O)=O. The summed E-state index contributed by atoms with van der Waals surface area (Å²) in [5.41, 5.74) is 6.54. The fraction of sp³-hybridized carbons (Fsp3) is 0.261. The van der Waals surface area contributed by atoms with Gasteiger partial charge in [0, 0.05) is 6.08 Å². The molecular formula is C23H22N2O6S. The normalized spacial score (nSPS) is 26.1. The van der Waals surface area contributed by atoms with Crippen molar-refractivity contribution < 1.29 is 27.5 Å². The van der Waals surface area contributed by atoms with E-state index < -0.39 is 49.9 Å². The van der Waals surface area contributed by atoms with Crippen LogP contribution in [0.5, 0.6) is 0 Å². The number of nitrogens with two attached hydrogens (primary N) is 1. The highest BCUT2D eigenvalue weighted by Gasteiger charge is 2.69. The molecule has 2 fully saturated rings. The lowest BCUT2D eigenvalue weighted by molar-refractivity contribution is -0.163. The number of β-lactam (4-membered cyclic amide) rings is 1. The van der Waals surface area contributed by atoms with Gasteiger partial charge in [0.25, 0.3) is 0 Å². The summed E-state index contributed by atoms with van der Waals surface area (Å²) >= 11 is 0. The summed E-state index contributed by atoms with van der Waals surface area (Å²) in [4.78, 5) is 38.1. The van der Waals surface area contributed by atoms with Crippen LogP contribution in [0.4, 0.5) is 0 Å². The van der Waals surface area contributed by atoms with Gasteiger partial charge in [-0.2, -0.15) is 0 Å². The van der Waals surface area contributed by atoms with Gasteiger partial charge in [-0.3, -0.25) is 9.59 Å². The fourth-order valence-electron chi connectivity index (χ4n) is 4.24. The average Bonchev–Trinajstić information content (AvgIpc) is 2.92. The summed E-state index contributed by atoms with van der Waals surface area (Å²) in [5, 5.41) is -1.14. The number of hydrogen-bond acceptors (Lipinski definition) is 6. The van der Waals surface area contributed by atoms with Crippen molar-refractivity contribution in [2.75, 3.05) is 0 Å². The maximum atomic E-state index is 13.5. The number of nitrogens with zero attached hydrogens (tertiary/aromatic N) is 1. The van der Waals surface area contributed by atoms with E-state index in [1.165, 1.54) is 6.92 Å². The first kappa shape index (κ1) is 21.8. The standard InChI is InChI=1S/C23H22N2O6S/c1-23(13-12-17(24)26)21(25-18(27)14-19(25)32(23,29)30)22(28)31-20(15-8-4-2-5-9-15)16-10-6-3-7-11-16/h2-13,19-21H,14H2,1H3,(H2,24,26)/b13-12-/t19-,21+,23+/m1/s1. The number of rotatable bonds is 6. The first-order valence-electron chi connectivity index (χ1n) is 10.0. The Morgan fingerprint density at radius 1 is 1.09 bits per heavy atom. The van der Waals surface area contributed by atoms with E-state index in [0.717, 1.165) is 17.1 Å². The average molecular weight is 455 g/mol. The van der Waals surface area contributed by atoms with Gasteiger partial charge in [0.05, 0.1) is 6.42 Å². The maximum absolute atomic E-state index is 13.5. The van der Waals surface area contributed by atoms with Crippen LogP contribution in [0.25, 0.3) is 0 Å². The van der Waals surface area contributed by atoms with Crippen LogP contribution in [0.3, 0.4) is 0 Å². The molecule has 2 amide bonds. The predicted octanol–water partition coefficient (Wildman–Crippen LogP) is 1.47. The first-order chi connectivity index (χ1) is 15.2. The Hall–Kier alpha value is -3.46. The van der Waals surface area contributed by atoms with Crippen molar-refractivity contribution >= 4 is 27.6 Å². The fourth-order valence-corrected chi connectivity index (χ4v) is 6.51. The van der Waals surface area contributed by atoms with Crippen LogP contribution in [0.2, 0.25) is 0 Å². The molecule has 4 rings (SSSR count). The molecule has 2 aliphatic heterocycles. The van der Waals surface area contributed by atoms with Gasteiger partial charge in [0.2, 0.25) is 11.8 Å². The van der Waals surface area contributed by atoms with E-state index in [4.69, 9.17) is 10.5 Å². The highest BCUT2D eigenvalue weighted by Crippen LogP contribution is 2.47. The highest BCUT2D eigenvalue weighted by atomic mass is 32.2. The van der Waals surface area contributed by atoms with Crippen molar-refractivity contribution in [2.45, 2.75) is 35.6 Å². The van der Waals surface area contributed by atoms with E-state index in [1.807, 2.05) is 12.1 Å². The number of sulfone groups is 1. The molecule has 0 unspecified atom stereocenters. The van der Waals surface area contributed by atoms with Crippen molar-refractivity contribution in [3.05, 3.63) is 83.9 Å². The van der Waals surface area contributed by atoms with Crippen molar-refractivity contribution in [1.29, 1.82) is 0 Å². The zero-order valence-corrected chi connectivity index (χ0v) is 18.1. The van der Waals surface area contributed by atoms with Crippen molar-refractivity contribution in [1.82, 2.24) is 4.90 Å². The Morgan fingerprint density at radius 3 is 2.09 bits per heavy atom. The smallest absolute Gasteiger partial charge is 0.331 e. The molecule has 8 nitrogen and oxygen atoms in total. The molecule has 0 saturated carbocycles. The van der Waals surface area contributed by atoms with E-state index in [2.05, 4.69) is 0 Å². The van der Waals surface area contributed by atoms with Crippen LogP contribution in [0, 0.1) is 0 Å². The van der Waals surface area contributed by atoms with Gasteiger partial charge in [-0.25, -0.2) is 13.2 Å². The van der Waals surface area contributed by atoms with Crippen LogP contribution < -0.4 is 5.73 Å². The quantitative estimate of drug-likeness (QED) is 0.401. The van der Waals surface area contributed by atoms with E-state index in [9.17, 15) is 22.8 Å². The summed E-state index contributed by atoms with van der Waals surface area (Å²) in [6, 6.07) is 16.6. The van der Waals surface area contributed by atoms with E-state index in [0.29, 0.717) is 11.1 Å². The van der Waals surface area contributed by atoms with Crippen molar-refractivity contribution in [3.8, 4) is 0 Å². The summed E-state index contributed by atoms with van der Waals surface area (Å²) in [6.07, 6.45) is 0.960. The predicted molar refractivity (Wildman–Crippen MR) is 116 cm³/mol. The number of esters is 1. The lowest BCUT2D eigenvalue weighted by Gasteiger charge is -2.36. The van der Waals surface area contributed by atoms with Crippen LogP contribution in [-0.4, -0.2) is 47.3 Å². The minimum Gasteiger partial charge on any atom is -0.451 e.